The van der Waals surface area contributed by atoms with Crippen molar-refractivity contribution >= 4 is 12.2 Å². The van der Waals surface area contributed by atoms with Gasteiger partial charge in [0.1, 0.15) is 11.6 Å². The van der Waals surface area contributed by atoms with Gasteiger partial charge in [-0.05, 0) is 11.6 Å². The highest BCUT2D eigenvalue weighted by Crippen LogP contribution is 2.18. The van der Waals surface area contributed by atoms with Gasteiger partial charge in [0.25, 0.3) is 0 Å². The number of rotatable bonds is 3. The number of benzene rings is 2. The van der Waals surface area contributed by atoms with E-state index in [1.54, 1.807) is 24.4 Å². The summed E-state index contributed by atoms with van der Waals surface area (Å²) in [5.74, 6) is 0.720. The van der Waals surface area contributed by atoms with E-state index in [2.05, 4.69) is 4.98 Å². The molecule has 0 N–H and O–H groups in total. The lowest BCUT2D eigenvalue weighted by Crippen LogP contribution is -1.90. The van der Waals surface area contributed by atoms with E-state index < -0.39 is 0 Å². The Morgan fingerprint density at radius 1 is 1.00 bits per heavy atom. The predicted octanol–water partition coefficient (Wildman–Crippen LogP) is 4.40. The summed E-state index contributed by atoms with van der Waals surface area (Å²) >= 11 is 0. The summed E-state index contributed by atoms with van der Waals surface area (Å²) in [7, 11) is 1.97. The van der Waals surface area contributed by atoms with Gasteiger partial charge in [0.2, 0.25) is 0 Å². The van der Waals surface area contributed by atoms with Crippen molar-refractivity contribution in [3.05, 3.63) is 77.9 Å². The van der Waals surface area contributed by atoms with Crippen LogP contribution in [-0.4, -0.2) is 9.55 Å². The van der Waals surface area contributed by atoms with Crippen molar-refractivity contribution in [3.63, 3.8) is 0 Å². The monoisotopic (exact) mass is 278 g/mol. The van der Waals surface area contributed by atoms with E-state index in [9.17, 15) is 4.39 Å². The first kappa shape index (κ1) is 13.3. The molecule has 2 nitrogen and oxygen atoms in total. The highest BCUT2D eigenvalue weighted by atomic mass is 19.1. The normalized spacial score (nSPS) is 11.1. The number of halogens is 1. The molecule has 0 radical (unpaired) electrons. The molecule has 0 aliphatic carbocycles. The molecule has 0 amide bonds. The molecule has 0 saturated heterocycles. The predicted molar refractivity (Wildman–Crippen MR) is 84.0 cm³/mol. The van der Waals surface area contributed by atoms with E-state index in [0.717, 1.165) is 17.0 Å². The van der Waals surface area contributed by atoms with E-state index in [0.29, 0.717) is 5.56 Å². The molecule has 0 saturated carbocycles. The first-order valence-corrected chi connectivity index (χ1v) is 6.74. The van der Waals surface area contributed by atoms with Crippen LogP contribution in [-0.2, 0) is 7.05 Å². The standard InChI is InChI=1S/C18H15FN2/c1-21-13-12-20-18(21)16-10-7-14(8-11-16)6-9-15-4-2-3-5-17(15)19/h2-13H,1H3. The molecule has 1 aromatic heterocycles. The average Bonchev–Trinajstić information content (AvgIpc) is 2.93. The number of hydrogen-bond acceptors (Lipinski definition) is 1. The lowest BCUT2D eigenvalue weighted by atomic mass is 10.1. The molecule has 1 heterocycles. The van der Waals surface area contributed by atoms with Crippen LogP contribution in [0.2, 0.25) is 0 Å². The highest BCUT2D eigenvalue weighted by Gasteiger charge is 2.02. The van der Waals surface area contributed by atoms with Gasteiger partial charge in [-0.15, -0.1) is 0 Å². The SMILES string of the molecule is Cn1ccnc1-c1ccc(C=Cc2ccccc2F)cc1. The van der Waals surface area contributed by atoms with Gasteiger partial charge in [0, 0.05) is 30.6 Å². The summed E-state index contributed by atoms with van der Waals surface area (Å²) < 4.78 is 15.5. The Bertz CT molecular complexity index is 770. The molecule has 0 atom stereocenters. The van der Waals surface area contributed by atoms with Crippen LogP contribution < -0.4 is 0 Å². The number of aryl methyl sites for hydroxylation is 1. The molecule has 21 heavy (non-hydrogen) atoms. The maximum absolute atomic E-state index is 13.5. The Balaban J connectivity index is 1.82. The number of aromatic nitrogens is 2. The largest absolute Gasteiger partial charge is 0.334 e. The maximum atomic E-state index is 13.5. The summed E-state index contributed by atoms with van der Waals surface area (Å²) in [5.41, 5.74) is 2.67. The zero-order valence-electron chi connectivity index (χ0n) is 11.7. The van der Waals surface area contributed by atoms with Crippen LogP contribution in [0.5, 0.6) is 0 Å². The van der Waals surface area contributed by atoms with E-state index in [4.69, 9.17) is 0 Å². The van der Waals surface area contributed by atoms with Crippen LogP contribution in [0.3, 0.4) is 0 Å². The van der Waals surface area contributed by atoms with Gasteiger partial charge in [-0.1, -0.05) is 54.6 Å². The van der Waals surface area contributed by atoms with Gasteiger partial charge in [0.15, 0.2) is 0 Å². The summed E-state index contributed by atoms with van der Waals surface area (Å²) in [6.45, 7) is 0. The molecule has 0 aliphatic heterocycles. The van der Waals surface area contributed by atoms with Crippen LogP contribution in [0.25, 0.3) is 23.5 Å². The zero-order chi connectivity index (χ0) is 14.7. The van der Waals surface area contributed by atoms with Crippen LogP contribution >= 0.6 is 0 Å². The highest BCUT2D eigenvalue weighted by molar-refractivity contribution is 5.71. The number of hydrogen-bond donors (Lipinski definition) is 0. The Labute approximate surface area is 123 Å². The molecule has 3 rings (SSSR count). The third kappa shape index (κ3) is 2.92. The van der Waals surface area contributed by atoms with E-state index in [1.807, 2.05) is 54.2 Å². The molecule has 104 valence electrons. The lowest BCUT2D eigenvalue weighted by Gasteiger charge is -2.02. The fourth-order valence-corrected chi connectivity index (χ4v) is 2.18. The fraction of sp³-hybridized carbons (Fsp3) is 0.0556. The molecule has 2 aromatic carbocycles. The Morgan fingerprint density at radius 3 is 2.43 bits per heavy atom. The Kier molecular flexibility index (Phi) is 3.65. The number of imidazole rings is 1. The molecular weight excluding hydrogens is 263 g/mol. The van der Waals surface area contributed by atoms with Gasteiger partial charge in [-0.25, -0.2) is 9.37 Å². The minimum absolute atomic E-state index is 0.210. The third-order valence-electron chi connectivity index (χ3n) is 3.35. The Morgan fingerprint density at radius 2 is 1.76 bits per heavy atom. The van der Waals surface area contributed by atoms with Gasteiger partial charge in [-0.2, -0.15) is 0 Å². The van der Waals surface area contributed by atoms with E-state index in [1.165, 1.54) is 6.07 Å². The van der Waals surface area contributed by atoms with Crippen molar-refractivity contribution < 1.29 is 4.39 Å². The molecule has 0 bridgehead atoms. The molecule has 0 spiro atoms. The first-order chi connectivity index (χ1) is 10.2. The Hall–Kier alpha value is -2.68. The molecule has 3 aromatic rings. The second kappa shape index (κ2) is 5.75. The van der Waals surface area contributed by atoms with Crippen molar-refractivity contribution in [2.45, 2.75) is 0 Å². The average molecular weight is 278 g/mol. The van der Waals surface area contributed by atoms with Crippen LogP contribution in [0.1, 0.15) is 11.1 Å². The molecular formula is C18H15FN2. The second-order valence-electron chi connectivity index (χ2n) is 4.84. The smallest absolute Gasteiger partial charge is 0.139 e. The van der Waals surface area contributed by atoms with Gasteiger partial charge >= 0.3 is 0 Å². The number of nitrogens with zero attached hydrogens (tertiary/aromatic N) is 2. The molecule has 3 heteroatoms. The van der Waals surface area contributed by atoms with Crippen molar-refractivity contribution in [1.82, 2.24) is 9.55 Å². The third-order valence-corrected chi connectivity index (χ3v) is 3.35. The van der Waals surface area contributed by atoms with Gasteiger partial charge in [0.05, 0.1) is 0 Å². The zero-order valence-corrected chi connectivity index (χ0v) is 11.7. The summed E-state index contributed by atoms with van der Waals surface area (Å²) in [6.07, 6.45) is 7.38. The molecule has 0 unspecified atom stereocenters. The molecule has 0 aliphatic rings. The summed E-state index contributed by atoms with van der Waals surface area (Å²) in [5, 5.41) is 0. The van der Waals surface area contributed by atoms with Crippen LogP contribution in [0.4, 0.5) is 4.39 Å². The fourth-order valence-electron chi connectivity index (χ4n) is 2.18. The van der Waals surface area contributed by atoms with Crippen LogP contribution in [0.15, 0.2) is 60.9 Å². The van der Waals surface area contributed by atoms with E-state index in [-0.39, 0.29) is 5.82 Å². The lowest BCUT2D eigenvalue weighted by molar-refractivity contribution is 0.625. The van der Waals surface area contributed by atoms with Gasteiger partial charge < -0.3 is 4.57 Å². The van der Waals surface area contributed by atoms with Crippen molar-refractivity contribution in [2.24, 2.45) is 7.05 Å². The summed E-state index contributed by atoms with van der Waals surface area (Å²) in [4.78, 5) is 4.32. The van der Waals surface area contributed by atoms with Crippen molar-refractivity contribution in [2.75, 3.05) is 0 Å². The van der Waals surface area contributed by atoms with Crippen molar-refractivity contribution in [3.8, 4) is 11.4 Å². The van der Waals surface area contributed by atoms with Crippen molar-refractivity contribution in [1.29, 1.82) is 0 Å². The van der Waals surface area contributed by atoms with Gasteiger partial charge in [-0.3, -0.25) is 0 Å². The topological polar surface area (TPSA) is 17.8 Å². The molecule has 0 fully saturated rings. The minimum Gasteiger partial charge on any atom is -0.334 e. The second-order valence-corrected chi connectivity index (χ2v) is 4.84. The minimum atomic E-state index is -0.210. The quantitative estimate of drug-likeness (QED) is 0.649. The maximum Gasteiger partial charge on any atom is 0.139 e. The van der Waals surface area contributed by atoms with E-state index >= 15 is 0 Å². The first-order valence-electron chi connectivity index (χ1n) is 6.74. The van der Waals surface area contributed by atoms with Crippen LogP contribution in [0, 0.1) is 5.82 Å². The summed E-state index contributed by atoms with van der Waals surface area (Å²) in [6, 6.07) is 14.8.